The Balaban J connectivity index is 1.74. The van der Waals surface area contributed by atoms with Crippen LogP contribution in [0.4, 0.5) is 17.8 Å². The number of nitrogen functional groups attached to an aromatic ring is 2. The van der Waals surface area contributed by atoms with Crippen molar-refractivity contribution in [3.8, 4) is 0 Å². The zero-order valence-electron chi connectivity index (χ0n) is 10.6. The Kier molecular flexibility index (Phi) is 4.11. The second-order valence-electron chi connectivity index (χ2n) is 4.45. The number of piperazine rings is 1. The molecule has 0 spiro atoms. The lowest BCUT2D eigenvalue weighted by Gasteiger charge is -2.32. The van der Waals surface area contributed by atoms with Gasteiger partial charge in [-0.05, 0) is 7.05 Å². The monoisotopic (exact) mass is 252 g/mol. The van der Waals surface area contributed by atoms with E-state index in [9.17, 15) is 0 Å². The van der Waals surface area contributed by atoms with Crippen molar-refractivity contribution in [3.63, 3.8) is 0 Å². The summed E-state index contributed by atoms with van der Waals surface area (Å²) < 4.78 is 0. The normalized spacial score (nSPS) is 17.8. The highest BCUT2D eigenvalue weighted by Gasteiger charge is 2.12. The molecule has 0 amide bonds. The van der Waals surface area contributed by atoms with Gasteiger partial charge in [-0.2, -0.15) is 15.0 Å². The highest BCUT2D eigenvalue weighted by molar-refractivity contribution is 5.36. The van der Waals surface area contributed by atoms with E-state index in [1.165, 1.54) is 0 Å². The van der Waals surface area contributed by atoms with Crippen LogP contribution < -0.4 is 16.8 Å². The SMILES string of the molecule is CN1CCN(CCNc2nc(N)nc(N)n2)CC1. The van der Waals surface area contributed by atoms with Crippen molar-refractivity contribution in [1.29, 1.82) is 0 Å². The molecule has 1 saturated heterocycles. The first kappa shape index (κ1) is 12.8. The van der Waals surface area contributed by atoms with Gasteiger partial charge in [0.15, 0.2) is 0 Å². The molecule has 0 bridgehead atoms. The molecule has 0 radical (unpaired) electrons. The number of rotatable bonds is 4. The van der Waals surface area contributed by atoms with Crippen molar-refractivity contribution in [3.05, 3.63) is 0 Å². The van der Waals surface area contributed by atoms with Gasteiger partial charge in [0.05, 0.1) is 0 Å². The van der Waals surface area contributed by atoms with Crippen molar-refractivity contribution in [2.45, 2.75) is 0 Å². The van der Waals surface area contributed by atoms with Gasteiger partial charge in [-0.15, -0.1) is 0 Å². The summed E-state index contributed by atoms with van der Waals surface area (Å²) >= 11 is 0. The summed E-state index contributed by atoms with van der Waals surface area (Å²) in [6.45, 7) is 6.16. The molecule has 1 aromatic rings. The predicted molar refractivity (Wildman–Crippen MR) is 71.1 cm³/mol. The van der Waals surface area contributed by atoms with Gasteiger partial charge < -0.3 is 21.7 Å². The maximum Gasteiger partial charge on any atom is 0.229 e. The van der Waals surface area contributed by atoms with Crippen molar-refractivity contribution in [2.75, 3.05) is 63.1 Å². The zero-order chi connectivity index (χ0) is 13.0. The van der Waals surface area contributed by atoms with E-state index in [2.05, 4.69) is 37.1 Å². The van der Waals surface area contributed by atoms with E-state index >= 15 is 0 Å². The highest BCUT2D eigenvalue weighted by Crippen LogP contribution is 2.03. The molecular weight excluding hydrogens is 232 g/mol. The van der Waals surface area contributed by atoms with Crippen LogP contribution in [0.15, 0.2) is 0 Å². The third-order valence-electron chi connectivity index (χ3n) is 2.98. The molecule has 1 fully saturated rings. The van der Waals surface area contributed by atoms with E-state index in [0.717, 1.165) is 39.3 Å². The molecular formula is C10H20N8. The van der Waals surface area contributed by atoms with E-state index in [4.69, 9.17) is 11.5 Å². The fraction of sp³-hybridized carbons (Fsp3) is 0.700. The van der Waals surface area contributed by atoms with Gasteiger partial charge in [-0.3, -0.25) is 4.90 Å². The van der Waals surface area contributed by atoms with Gasteiger partial charge in [-0.1, -0.05) is 0 Å². The first-order chi connectivity index (χ1) is 8.63. The standard InChI is InChI=1S/C10H20N8/c1-17-4-6-18(7-5-17)3-2-13-10-15-8(11)14-9(12)16-10/h2-7H2,1H3,(H5,11,12,13,14,15,16). The lowest BCUT2D eigenvalue weighted by atomic mass is 10.3. The van der Waals surface area contributed by atoms with E-state index in [1.807, 2.05) is 0 Å². The van der Waals surface area contributed by atoms with Gasteiger partial charge in [0.25, 0.3) is 0 Å². The third kappa shape index (κ3) is 3.67. The highest BCUT2D eigenvalue weighted by atomic mass is 15.3. The predicted octanol–water partition coefficient (Wildman–Crippen LogP) is -1.30. The molecule has 100 valence electrons. The van der Waals surface area contributed by atoms with Crippen LogP contribution >= 0.6 is 0 Å². The first-order valence-electron chi connectivity index (χ1n) is 6.05. The number of nitrogens with zero attached hydrogens (tertiary/aromatic N) is 5. The maximum atomic E-state index is 5.49. The Morgan fingerprint density at radius 2 is 1.67 bits per heavy atom. The summed E-state index contributed by atoms with van der Waals surface area (Å²) in [6, 6.07) is 0. The van der Waals surface area contributed by atoms with Gasteiger partial charge >= 0.3 is 0 Å². The molecule has 0 unspecified atom stereocenters. The summed E-state index contributed by atoms with van der Waals surface area (Å²) in [5.74, 6) is 0.725. The van der Waals surface area contributed by atoms with Gasteiger partial charge in [-0.25, -0.2) is 0 Å². The van der Waals surface area contributed by atoms with Gasteiger partial charge in [0.2, 0.25) is 17.8 Å². The second-order valence-corrected chi connectivity index (χ2v) is 4.45. The minimum absolute atomic E-state index is 0.143. The van der Waals surface area contributed by atoms with Crippen LogP contribution in [0.25, 0.3) is 0 Å². The van der Waals surface area contributed by atoms with Crippen LogP contribution in [0.5, 0.6) is 0 Å². The number of nitrogens with two attached hydrogens (primary N) is 2. The Hall–Kier alpha value is -1.67. The van der Waals surface area contributed by atoms with Gasteiger partial charge in [0, 0.05) is 39.3 Å². The molecule has 0 atom stereocenters. The molecule has 0 saturated carbocycles. The van der Waals surface area contributed by atoms with Crippen LogP contribution in [-0.4, -0.2) is 71.1 Å². The van der Waals surface area contributed by atoms with Gasteiger partial charge in [0.1, 0.15) is 0 Å². The van der Waals surface area contributed by atoms with Crippen molar-refractivity contribution >= 4 is 17.8 Å². The Bertz CT molecular complexity index is 367. The third-order valence-corrected chi connectivity index (χ3v) is 2.98. The molecule has 18 heavy (non-hydrogen) atoms. The Morgan fingerprint density at radius 3 is 2.28 bits per heavy atom. The van der Waals surface area contributed by atoms with E-state index in [0.29, 0.717) is 5.95 Å². The van der Waals surface area contributed by atoms with Crippen LogP contribution in [0.1, 0.15) is 0 Å². The molecule has 0 aromatic carbocycles. The fourth-order valence-corrected chi connectivity index (χ4v) is 1.89. The maximum absolute atomic E-state index is 5.49. The zero-order valence-corrected chi connectivity index (χ0v) is 10.6. The van der Waals surface area contributed by atoms with Crippen molar-refractivity contribution < 1.29 is 0 Å². The summed E-state index contributed by atoms with van der Waals surface area (Å²) in [6.07, 6.45) is 0. The molecule has 1 aromatic heterocycles. The number of anilines is 3. The molecule has 8 nitrogen and oxygen atoms in total. The first-order valence-corrected chi connectivity index (χ1v) is 6.05. The smallest absolute Gasteiger partial charge is 0.229 e. The van der Waals surface area contributed by atoms with Crippen molar-refractivity contribution in [1.82, 2.24) is 24.8 Å². The number of nitrogens with one attached hydrogen (secondary N) is 1. The average molecular weight is 252 g/mol. The Labute approximate surface area is 106 Å². The molecule has 5 N–H and O–H groups in total. The van der Waals surface area contributed by atoms with Crippen LogP contribution in [-0.2, 0) is 0 Å². The van der Waals surface area contributed by atoms with E-state index < -0.39 is 0 Å². The van der Waals surface area contributed by atoms with E-state index in [-0.39, 0.29) is 11.9 Å². The molecule has 8 heteroatoms. The summed E-state index contributed by atoms with van der Waals surface area (Å²) in [5, 5.41) is 3.11. The molecule has 1 aliphatic heterocycles. The van der Waals surface area contributed by atoms with E-state index in [1.54, 1.807) is 0 Å². The minimum Gasteiger partial charge on any atom is -0.368 e. The van der Waals surface area contributed by atoms with Crippen molar-refractivity contribution in [2.24, 2.45) is 0 Å². The van der Waals surface area contributed by atoms with Crippen LogP contribution in [0.2, 0.25) is 0 Å². The number of likely N-dealkylation sites (N-methyl/N-ethyl adjacent to an activating group) is 1. The van der Waals surface area contributed by atoms with Crippen LogP contribution in [0.3, 0.4) is 0 Å². The fourth-order valence-electron chi connectivity index (χ4n) is 1.89. The summed E-state index contributed by atoms with van der Waals surface area (Å²) in [4.78, 5) is 16.4. The minimum atomic E-state index is 0.143. The number of aromatic nitrogens is 3. The quantitative estimate of drug-likeness (QED) is 0.606. The lowest BCUT2D eigenvalue weighted by Crippen LogP contribution is -2.45. The molecule has 2 heterocycles. The average Bonchev–Trinajstić information content (AvgIpc) is 2.30. The summed E-state index contributed by atoms with van der Waals surface area (Å²) in [7, 11) is 2.14. The summed E-state index contributed by atoms with van der Waals surface area (Å²) in [5.41, 5.74) is 11.0. The largest absolute Gasteiger partial charge is 0.368 e. The molecule has 1 aliphatic rings. The molecule has 0 aliphatic carbocycles. The molecule has 2 rings (SSSR count). The second kappa shape index (κ2) is 5.78. The number of hydrogen-bond acceptors (Lipinski definition) is 8. The Morgan fingerprint density at radius 1 is 1.06 bits per heavy atom. The topological polar surface area (TPSA) is 109 Å². The van der Waals surface area contributed by atoms with Crippen LogP contribution in [0, 0.1) is 0 Å². The lowest BCUT2D eigenvalue weighted by molar-refractivity contribution is 0.158. The number of hydrogen-bond donors (Lipinski definition) is 3.